The van der Waals surface area contributed by atoms with Gasteiger partial charge in [0.05, 0.1) is 33.4 Å². The van der Waals surface area contributed by atoms with Gasteiger partial charge in [0.25, 0.3) is 0 Å². The first-order valence-electron chi connectivity index (χ1n) is 9.55. The van der Waals surface area contributed by atoms with Crippen LogP contribution in [-0.2, 0) is 20.8 Å². The molecule has 8 nitrogen and oxygen atoms in total. The minimum absolute atomic E-state index is 0.122. The molecule has 0 radical (unpaired) electrons. The molecule has 0 aliphatic carbocycles. The van der Waals surface area contributed by atoms with Crippen molar-refractivity contribution in [1.82, 2.24) is 4.90 Å². The van der Waals surface area contributed by atoms with E-state index in [1.54, 1.807) is 13.0 Å². The zero-order chi connectivity index (χ0) is 20.8. The second kappa shape index (κ2) is 9.58. The van der Waals surface area contributed by atoms with E-state index in [1.165, 1.54) is 7.11 Å². The number of carbonyl (C=O) groups is 2. The highest BCUT2D eigenvalue weighted by atomic mass is 16.5. The van der Waals surface area contributed by atoms with E-state index in [2.05, 4.69) is 10.2 Å². The molecular formula is C21H27N3O5. The molecule has 0 spiro atoms. The summed E-state index contributed by atoms with van der Waals surface area (Å²) in [6, 6.07) is 9.47. The molecule has 2 heterocycles. The number of likely N-dealkylation sites (N-methyl/N-ethyl adjacent to an activating group) is 1. The molecule has 1 N–H and O–H groups in total. The molecule has 1 aromatic carbocycles. The average Bonchev–Trinajstić information content (AvgIpc) is 3.08. The number of hydrogen-bond acceptors (Lipinski definition) is 7. The number of carbonyl (C=O) groups excluding carboxylic acids is 2. The van der Waals surface area contributed by atoms with Crippen molar-refractivity contribution < 1.29 is 23.5 Å². The van der Waals surface area contributed by atoms with Gasteiger partial charge in [0, 0.05) is 24.5 Å². The minimum atomic E-state index is -0.432. The van der Waals surface area contributed by atoms with Gasteiger partial charge < -0.3 is 24.1 Å². The number of nitrogens with one attached hydrogen (secondary N) is 1. The van der Waals surface area contributed by atoms with Gasteiger partial charge in [-0.15, -0.1) is 0 Å². The summed E-state index contributed by atoms with van der Waals surface area (Å²) in [4.78, 5) is 28.1. The van der Waals surface area contributed by atoms with Crippen LogP contribution in [0.1, 0.15) is 21.9 Å². The highest BCUT2D eigenvalue weighted by Crippen LogP contribution is 2.19. The highest BCUT2D eigenvalue weighted by Gasteiger charge is 2.17. The van der Waals surface area contributed by atoms with Crippen LogP contribution in [0.5, 0.6) is 0 Å². The van der Waals surface area contributed by atoms with Gasteiger partial charge in [-0.1, -0.05) is 0 Å². The van der Waals surface area contributed by atoms with Crippen LogP contribution in [0.15, 0.2) is 34.7 Å². The van der Waals surface area contributed by atoms with Gasteiger partial charge in [0.15, 0.2) is 0 Å². The molecule has 0 atom stereocenters. The number of hydrogen-bond donors (Lipinski definition) is 1. The number of rotatable bonds is 7. The van der Waals surface area contributed by atoms with Crippen molar-refractivity contribution in [3.05, 3.63) is 47.4 Å². The van der Waals surface area contributed by atoms with E-state index in [0.29, 0.717) is 23.6 Å². The summed E-state index contributed by atoms with van der Waals surface area (Å²) in [6.07, 6.45) is 0. The molecule has 1 aromatic heterocycles. The highest BCUT2D eigenvalue weighted by molar-refractivity contribution is 5.92. The minimum Gasteiger partial charge on any atom is -0.465 e. The first-order chi connectivity index (χ1) is 14.0. The van der Waals surface area contributed by atoms with Crippen LogP contribution in [0, 0.1) is 6.92 Å². The fourth-order valence-corrected chi connectivity index (χ4v) is 3.28. The number of esters is 1. The molecule has 1 saturated heterocycles. The molecule has 1 aliphatic heterocycles. The van der Waals surface area contributed by atoms with E-state index in [9.17, 15) is 9.59 Å². The van der Waals surface area contributed by atoms with Crippen LogP contribution >= 0.6 is 0 Å². The van der Waals surface area contributed by atoms with Crippen molar-refractivity contribution in [3.8, 4) is 0 Å². The molecule has 1 amide bonds. The number of ether oxygens (including phenoxy) is 2. The topological polar surface area (TPSA) is 84.2 Å². The lowest BCUT2D eigenvalue weighted by atomic mass is 10.2. The Kier molecular flexibility index (Phi) is 6.90. The molecule has 0 bridgehead atoms. The smallest absolute Gasteiger partial charge is 0.341 e. The first kappa shape index (κ1) is 20.9. The van der Waals surface area contributed by atoms with Crippen molar-refractivity contribution in [2.24, 2.45) is 0 Å². The molecule has 1 fully saturated rings. The third-order valence-corrected chi connectivity index (χ3v) is 4.74. The maximum atomic E-state index is 12.3. The fraction of sp³-hybridized carbons (Fsp3) is 0.429. The van der Waals surface area contributed by atoms with Gasteiger partial charge in [-0.25, -0.2) is 4.79 Å². The number of benzene rings is 1. The maximum absolute atomic E-state index is 12.3. The number of morpholine rings is 1. The van der Waals surface area contributed by atoms with Crippen molar-refractivity contribution in [1.29, 1.82) is 0 Å². The normalized spacial score (nSPS) is 14.1. The lowest BCUT2D eigenvalue weighted by molar-refractivity contribution is -0.117. The standard InChI is InChI=1S/C21H27N3O5/c1-15-19(21(26)27-3)12-18(29-15)13-23(2)14-20(25)22-16-4-6-17(7-5-16)24-8-10-28-11-9-24/h4-7,12H,8-11,13-14H2,1-3H3,(H,22,25). The van der Waals surface area contributed by atoms with E-state index >= 15 is 0 Å². The quantitative estimate of drug-likeness (QED) is 0.713. The second-order valence-electron chi connectivity index (χ2n) is 7.04. The zero-order valence-electron chi connectivity index (χ0n) is 17.1. The van der Waals surface area contributed by atoms with Crippen molar-refractivity contribution in [3.63, 3.8) is 0 Å². The summed E-state index contributed by atoms with van der Waals surface area (Å²) in [5, 5.41) is 2.90. The molecule has 0 saturated carbocycles. The SMILES string of the molecule is COC(=O)c1cc(CN(C)CC(=O)Nc2ccc(N3CCOCC3)cc2)oc1C. The van der Waals surface area contributed by atoms with E-state index in [-0.39, 0.29) is 12.5 Å². The summed E-state index contributed by atoms with van der Waals surface area (Å²) >= 11 is 0. The van der Waals surface area contributed by atoms with Gasteiger partial charge in [-0.05, 0) is 44.3 Å². The Bertz CT molecular complexity index is 841. The summed E-state index contributed by atoms with van der Waals surface area (Å²) in [7, 11) is 3.15. The van der Waals surface area contributed by atoms with Crippen molar-refractivity contribution in [2.45, 2.75) is 13.5 Å². The van der Waals surface area contributed by atoms with E-state index < -0.39 is 5.97 Å². The van der Waals surface area contributed by atoms with Crippen LogP contribution in [-0.4, -0.2) is 63.8 Å². The lowest BCUT2D eigenvalue weighted by Gasteiger charge is -2.28. The van der Waals surface area contributed by atoms with Crippen LogP contribution in [0.3, 0.4) is 0 Å². The third-order valence-electron chi connectivity index (χ3n) is 4.74. The molecular weight excluding hydrogens is 374 g/mol. The van der Waals surface area contributed by atoms with Crippen molar-refractivity contribution in [2.75, 3.05) is 57.2 Å². The van der Waals surface area contributed by atoms with Crippen LogP contribution in [0.25, 0.3) is 0 Å². The monoisotopic (exact) mass is 401 g/mol. The van der Waals surface area contributed by atoms with E-state index in [1.807, 2.05) is 36.2 Å². The molecule has 156 valence electrons. The molecule has 29 heavy (non-hydrogen) atoms. The number of anilines is 2. The average molecular weight is 401 g/mol. The number of methoxy groups -OCH3 is 1. The molecule has 0 unspecified atom stereocenters. The number of nitrogens with zero attached hydrogens (tertiary/aromatic N) is 2. The summed E-state index contributed by atoms with van der Waals surface area (Å²) in [5.74, 6) is 0.555. The first-order valence-corrected chi connectivity index (χ1v) is 9.55. The van der Waals surface area contributed by atoms with Crippen LogP contribution in [0.4, 0.5) is 11.4 Å². The molecule has 2 aromatic rings. The summed E-state index contributed by atoms with van der Waals surface area (Å²) in [5.41, 5.74) is 2.28. The molecule has 1 aliphatic rings. The number of amides is 1. The van der Waals surface area contributed by atoms with Gasteiger partial charge >= 0.3 is 5.97 Å². The second-order valence-corrected chi connectivity index (χ2v) is 7.04. The Morgan fingerprint density at radius 2 is 1.90 bits per heavy atom. The fourth-order valence-electron chi connectivity index (χ4n) is 3.28. The van der Waals surface area contributed by atoms with Crippen LogP contribution in [0.2, 0.25) is 0 Å². The van der Waals surface area contributed by atoms with Crippen LogP contribution < -0.4 is 10.2 Å². The van der Waals surface area contributed by atoms with E-state index in [0.717, 1.165) is 37.7 Å². The molecule has 8 heteroatoms. The lowest BCUT2D eigenvalue weighted by Crippen LogP contribution is -2.36. The van der Waals surface area contributed by atoms with Crippen molar-refractivity contribution >= 4 is 23.3 Å². The van der Waals surface area contributed by atoms with Gasteiger partial charge in [-0.2, -0.15) is 0 Å². The Balaban J connectivity index is 1.50. The zero-order valence-corrected chi connectivity index (χ0v) is 17.1. The Morgan fingerprint density at radius 3 is 2.55 bits per heavy atom. The molecule has 3 rings (SSSR count). The summed E-state index contributed by atoms with van der Waals surface area (Å²) in [6.45, 7) is 5.53. The Morgan fingerprint density at radius 1 is 1.21 bits per heavy atom. The Hall–Kier alpha value is -2.84. The Labute approximate surface area is 170 Å². The van der Waals surface area contributed by atoms with E-state index in [4.69, 9.17) is 13.9 Å². The van der Waals surface area contributed by atoms with Gasteiger partial charge in [-0.3, -0.25) is 9.69 Å². The number of aryl methyl sites for hydroxylation is 1. The van der Waals surface area contributed by atoms with Gasteiger partial charge in [0.2, 0.25) is 5.91 Å². The largest absolute Gasteiger partial charge is 0.465 e. The number of furan rings is 1. The third kappa shape index (κ3) is 5.58. The predicted molar refractivity (Wildman–Crippen MR) is 109 cm³/mol. The predicted octanol–water partition coefficient (Wildman–Crippen LogP) is 2.28. The summed E-state index contributed by atoms with van der Waals surface area (Å²) < 4.78 is 15.7. The van der Waals surface area contributed by atoms with Gasteiger partial charge in [0.1, 0.15) is 17.1 Å². The maximum Gasteiger partial charge on any atom is 0.341 e.